The van der Waals surface area contributed by atoms with Crippen molar-refractivity contribution < 1.29 is 32.1 Å². The SMILES string of the molecule is COc1cc(F)c(-c2nnc(N3CCC(OC)[C@](N)([C@H](O)C(F)F)C3)c(Cn3cnc4c(N)ncnc43)n2)cc1F. The Hall–Kier alpha value is -4.22. The normalized spacial score (nSPS) is 20.1. The summed E-state index contributed by atoms with van der Waals surface area (Å²) in [6.45, 7) is -0.142. The van der Waals surface area contributed by atoms with E-state index in [0.717, 1.165) is 12.1 Å². The molecular formula is C24H26F4N10O3. The Labute approximate surface area is 230 Å². The number of fused-ring (bicyclic) bond motifs is 1. The van der Waals surface area contributed by atoms with Crippen molar-refractivity contribution in [1.29, 1.82) is 0 Å². The number of ether oxygens (including phenoxy) is 2. The second-order valence-electron chi connectivity index (χ2n) is 9.50. The summed E-state index contributed by atoms with van der Waals surface area (Å²) >= 11 is 0. The molecule has 1 saturated heterocycles. The molecule has 1 aromatic carbocycles. The predicted octanol–water partition coefficient (Wildman–Crippen LogP) is 1.14. The number of halogens is 4. The number of alkyl halides is 2. The van der Waals surface area contributed by atoms with Crippen molar-refractivity contribution >= 4 is 22.8 Å². The van der Waals surface area contributed by atoms with Crippen LogP contribution in [0.5, 0.6) is 5.75 Å². The van der Waals surface area contributed by atoms with E-state index in [-0.39, 0.29) is 60.5 Å². The van der Waals surface area contributed by atoms with Gasteiger partial charge in [0, 0.05) is 26.3 Å². The molecule has 13 nitrogen and oxygen atoms in total. The molecule has 1 fully saturated rings. The first kappa shape index (κ1) is 28.3. The van der Waals surface area contributed by atoms with Gasteiger partial charge in [-0.1, -0.05) is 0 Å². The summed E-state index contributed by atoms with van der Waals surface area (Å²) in [6, 6.07) is 1.73. The van der Waals surface area contributed by atoms with Crippen LogP contribution in [-0.2, 0) is 11.3 Å². The minimum Gasteiger partial charge on any atom is -0.494 e. The standard InChI is InChI=1S/C24H26F4N10O3/c1-40-15-6-12(25)11(5-13(15)26)21-34-14(7-38-10-33-17-20(29)31-9-32-23(17)38)22(36-35-21)37-4-3-16(41-2)24(30,8-37)18(39)19(27)28/h5-6,9-10,16,18-19,39H,3-4,7-8,30H2,1-2H3,(H2,29,31,32)/t16?,18-,24+/m1/s1. The zero-order valence-electron chi connectivity index (χ0n) is 21.9. The summed E-state index contributed by atoms with van der Waals surface area (Å²) in [4.78, 5) is 18.4. The van der Waals surface area contributed by atoms with Crippen molar-refractivity contribution in [2.24, 2.45) is 5.73 Å². The molecule has 0 aliphatic carbocycles. The highest BCUT2D eigenvalue weighted by atomic mass is 19.3. The smallest absolute Gasteiger partial charge is 0.266 e. The molecule has 0 amide bonds. The van der Waals surface area contributed by atoms with Gasteiger partial charge in [-0.3, -0.25) is 0 Å². The molecule has 0 bridgehead atoms. The Kier molecular flexibility index (Phi) is 7.58. The van der Waals surface area contributed by atoms with Gasteiger partial charge in [-0.25, -0.2) is 37.5 Å². The van der Waals surface area contributed by atoms with E-state index in [1.54, 1.807) is 4.57 Å². The van der Waals surface area contributed by atoms with Gasteiger partial charge in [0.15, 0.2) is 34.7 Å². The predicted molar refractivity (Wildman–Crippen MR) is 137 cm³/mol. The lowest BCUT2D eigenvalue weighted by Gasteiger charge is -2.47. The number of piperidine rings is 1. The molecule has 1 aliphatic heterocycles. The first-order valence-electron chi connectivity index (χ1n) is 12.3. The number of hydrogen-bond donors (Lipinski definition) is 3. The van der Waals surface area contributed by atoms with Crippen molar-refractivity contribution in [1.82, 2.24) is 34.7 Å². The second-order valence-corrected chi connectivity index (χ2v) is 9.50. The quantitative estimate of drug-likeness (QED) is 0.255. The number of nitrogens with zero attached hydrogens (tertiary/aromatic N) is 8. The average Bonchev–Trinajstić information content (AvgIpc) is 3.37. The van der Waals surface area contributed by atoms with Crippen LogP contribution in [0.15, 0.2) is 24.8 Å². The first-order chi connectivity index (χ1) is 19.6. The molecule has 41 heavy (non-hydrogen) atoms. The molecule has 5 rings (SSSR count). The van der Waals surface area contributed by atoms with Crippen LogP contribution < -0.4 is 21.1 Å². The highest BCUT2D eigenvalue weighted by Crippen LogP contribution is 2.33. The lowest BCUT2D eigenvalue weighted by Crippen LogP contribution is -2.70. The molecule has 3 atom stereocenters. The minimum absolute atomic E-state index is 0.0652. The van der Waals surface area contributed by atoms with E-state index in [1.807, 2.05) is 0 Å². The number of hydrogen-bond acceptors (Lipinski definition) is 12. The fraction of sp³-hybridized carbons (Fsp3) is 0.417. The van der Waals surface area contributed by atoms with Crippen molar-refractivity contribution in [3.8, 4) is 17.1 Å². The van der Waals surface area contributed by atoms with Crippen molar-refractivity contribution in [3.63, 3.8) is 0 Å². The summed E-state index contributed by atoms with van der Waals surface area (Å²) in [5.74, 6) is -2.02. The summed E-state index contributed by atoms with van der Waals surface area (Å²) in [5.41, 5.74) is 10.9. The van der Waals surface area contributed by atoms with Crippen LogP contribution in [0.3, 0.4) is 0 Å². The van der Waals surface area contributed by atoms with Crippen LogP contribution in [0.4, 0.5) is 29.2 Å². The van der Waals surface area contributed by atoms with E-state index in [2.05, 4.69) is 30.1 Å². The molecule has 17 heteroatoms. The number of nitrogens with two attached hydrogens (primary N) is 2. The van der Waals surface area contributed by atoms with Gasteiger partial charge in [0.05, 0.1) is 37.2 Å². The molecular weight excluding hydrogens is 552 g/mol. The van der Waals surface area contributed by atoms with Crippen molar-refractivity contribution in [2.75, 3.05) is 37.9 Å². The van der Waals surface area contributed by atoms with Crippen LogP contribution in [0, 0.1) is 11.6 Å². The van der Waals surface area contributed by atoms with Gasteiger partial charge in [-0.15, -0.1) is 10.2 Å². The van der Waals surface area contributed by atoms with E-state index in [9.17, 15) is 22.7 Å². The molecule has 3 aromatic heterocycles. The van der Waals surface area contributed by atoms with E-state index in [0.29, 0.717) is 11.2 Å². The fourth-order valence-corrected chi connectivity index (χ4v) is 4.94. The number of imidazole rings is 1. The van der Waals surface area contributed by atoms with Gasteiger partial charge >= 0.3 is 0 Å². The summed E-state index contributed by atoms with van der Waals surface area (Å²) in [6.07, 6.45) is -3.40. The maximum absolute atomic E-state index is 14.9. The zero-order valence-corrected chi connectivity index (χ0v) is 21.9. The highest BCUT2D eigenvalue weighted by Gasteiger charge is 2.50. The third-order valence-corrected chi connectivity index (χ3v) is 7.07. The number of anilines is 2. The molecule has 4 aromatic rings. The highest BCUT2D eigenvalue weighted by molar-refractivity contribution is 5.81. The lowest BCUT2D eigenvalue weighted by molar-refractivity contribution is -0.102. The minimum atomic E-state index is -3.14. The number of aliphatic hydroxyl groups excluding tert-OH is 1. The fourth-order valence-electron chi connectivity index (χ4n) is 4.94. The molecule has 5 N–H and O–H groups in total. The van der Waals surface area contributed by atoms with Gasteiger partial charge in [0.1, 0.15) is 29.5 Å². The molecule has 1 aliphatic rings. The van der Waals surface area contributed by atoms with Crippen molar-refractivity contribution in [2.45, 2.75) is 37.1 Å². The van der Waals surface area contributed by atoms with E-state index >= 15 is 0 Å². The summed E-state index contributed by atoms with van der Waals surface area (Å²) in [7, 11) is 2.52. The monoisotopic (exact) mass is 578 g/mol. The summed E-state index contributed by atoms with van der Waals surface area (Å²) < 4.78 is 68.4. The van der Waals surface area contributed by atoms with Crippen LogP contribution in [-0.4, -0.2) is 91.3 Å². The largest absolute Gasteiger partial charge is 0.494 e. The van der Waals surface area contributed by atoms with Crippen molar-refractivity contribution in [3.05, 3.63) is 42.1 Å². The van der Waals surface area contributed by atoms with Gasteiger partial charge in [0.25, 0.3) is 6.43 Å². The third kappa shape index (κ3) is 5.07. The number of benzene rings is 1. The average molecular weight is 579 g/mol. The maximum Gasteiger partial charge on any atom is 0.266 e. The molecule has 0 radical (unpaired) electrons. The van der Waals surface area contributed by atoms with E-state index in [4.69, 9.17) is 20.9 Å². The van der Waals surface area contributed by atoms with Gasteiger partial charge in [-0.2, -0.15) is 0 Å². The lowest BCUT2D eigenvalue weighted by atomic mass is 9.81. The van der Waals surface area contributed by atoms with Gasteiger partial charge in [0.2, 0.25) is 0 Å². The van der Waals surface area contributed by atoms with Crippen LogP contribution in [0.25, 0.3) is 22.6 Å². The Morgan fingerprint density at radius 2 is 1.93 bits per heavy atom. The van der Waals surface area contributed by atoms with E-state index < -0.39 is 35.8 Å². The molecule has 218 valence electrons. The van der Waals surface area contributed by atoms with Gasteiger partial charge in [-0.05, 0) is 12.5 Å². The summed E-state index contributed by atoms with van der Waals surface area (Å²) in [5, 5.41) is 18.6. The Morgan fingerprint density at radius 3 is 2.63 bits per heavy atom. The molecule has 0 spiro atoms. The molecule has 4 heterocycles. The van der Waals surface area contributed by atoms with Crippen LogP contribution >= 0.6 is 0 Å². The molecule has 1 unspecified atom stereocenters. The Bertz CT molecular complexity index is 1570. The topological polar surface area (TPSA) is 176 Å². The van der Waals surface area contributed by atoms with Gasteiger partial charge < -0.3 is 35.5 Å². The maximum atomic E-state index is 14.9. The van der Waals surface area contributed by atoms with Crippen LogP contribution in [0.1, 0.15) is 12.1 Å². The third-order valence-electron chi connectivity index (χ3n) is 7.07. The zero-order chi connectivity index (χ0) is 29.5. The first-order valence-corrected chi connectivity index (χ1v) is 12.3. The Morgan fingerprint density at radius 1 is 1.15 bits per heavy atom. The molecule has 0 saturated carbocycles. The number of nitrogen functional groups attached to an aromatic ring is 1. The Balaban J connectivity index is 1.61. The van der Waals surface area contributed by atoms with E-state index in [1.165, 1.54) is 31.8 Å². The van der Waals surface area contributed by atoms with Crippen LogP contribution in [0.2, 0.25) is 0 Å². The number of aliphatic hydroxyl groups is 1. The number of rotatable bonds is 8. The number of aromatic nitrogens is 7. The second kappa shape index (κ2) is 11.0. The number of methoxy groups -OCH3 is 2.